The fourth-order valence-electron chi connectivity index (χ4n) is 3.20. The zero-order chi connectivity index (χ0) is 9.47. The smallest absolute Gasteiger partial charge is 0.00724 e. The summed E-state index contributed by atoms with van der Waals surface area (Å²) in [6.07, 6.45) is 4.18. The second-order valence-corrected chi connectivity index (χ2v) is 5.20. The maximum Gasteiger partial charge on any atom is 0.00724 e. The van der Waals surface area contributed by atoms with Crippen LogP contribution >= 0.6 is 0 Å². The molecule has 2 saturated heterocycles. The molecule has 76 valence electrons. The van der Waals surface area contributed by atoms with E-state index in [4.69, 9.17) is 0 Å². The van der Waals surface area contributed by atoms with Gasteiger partial charge in [-0.05, 0) is 52.1 Å². The summed E-state index contributed by atoms with van der Waals surface area (Å²) >= 11 is 0. The predicted octanol–water partition coefficient (Wildman–Crippen LogP) is 1.47. The zero-order valence-corrected chi connectivity index (χ0v) is 9.14. The Morgan fingerprint density at radius 1 is 1.23 bits per heavy atom. The summed E-state index contributed by atoms with van der Waals surface area (Å²) < 4.78 is 0. The van der Waals surface area contributed by atoms with Crippen molar-refractivity contribution < 1.29 is 0 Å². The molecule has 0 aromatic carbocycles. The van der Waals surface area contributed by atoms with E-state index in [0.29, 0.717) is 5.41 Å². The van der Waals surface area contributed by atoms with Gasteiger partial charge in [0.1, 0.15) is 0 Å². The highest BCUT2D eigenvalue weighted by Crippen LogP contribution is 2.41. The minimum atomic E-state index is 0.644. The van der Waals surface area contributed by atoms with E-state index in [9.17, 15) is 0 Å². The van der Waals surface area contributed by atoms with E-state index in [0.717, 1.165) is 12.1 Å². The molecule has 0 amide bonds. The molecule has 0 saturated carbocycles. The molecule has 0 aliphatic carbocycles. The van der Waals surface area contributed by atoms with Crippen molar-refractivity contribution in [1.82, 2.24) is 10.2 Å². The first-order valence-electron chi connectivity index (χ1n) is 5.56. The number of nitrogens with zero attached hydrogens (tertiary/aromatic N) is 1. The van der Waals surface area contributed by atoms with Gasteiger partial charge in [0.05, 0.1) is 0 Å². The van der Waals surface area contributed by atoms with Crippen molar-refractivity contribution >= 4 is 0 Å². The Morgan fingerprint density at radius 2 is 1.85 bits per heavy atom. The van der Waals surface area contributed by atoms with Gasteiger partial charge in [-0.2, -0.15) is 0 Å². The van der Waals surface area contributed by atoms with Crippen LogP contribution in [0.4, 0.5) is 0 Å². The van der Waals surface area contributed by atoms with Gasteiger partial charge < -0.3 is 10.2 Å². The van der Waals surface area contributed by atoms with Crippen molar-refractivity contribution in [3.63, 3.8) is 0 Å². The van der Waals surface area contributed by atoms with E-state index in [1.807, 2.05) is 0 Å². The molecular formula is C11H22N2. The molecule has 2 nitrogen and oxygen atoms in total. The highest BCUT2D eigenvalue weighted by atomic mass is 15.2. The Hall–Kier alpha value is -0.0800. The van der Waals surface area contributed by atoms with Crippen molar-refractivity contribution in [3.05, 3.63) is 0 Å². The summed E-state index contributed by atoms with van der Waals surface area (Å²) in [4.78, 5) is 2.53. The molecule has 2 heterocycles. The number of piperidine rings is 1. The summed E-state index contributed by atoms with van der Waals surface area (Å²) in [5.74, 6) is 0. The van der Waals surface area contributed by atoms with Gasteiger partial charge in [0.25, 0.3) is 0 Å². The van der Waals surface area contributed by atoms with Crippen molar-refractivity contribution in [2.75, 3.05) is 20.1 Å². The molecule has 1 spiro atoms. The average molecular weight is 182 g/mol. The minimum absolute atomic E-state index is 0.644. The van der Waals surface area contributed by atoms with Gasteiger partial charge in [0, 0.05) is 18.6 Å². The summed E-state index contributed by atoms with van der Waals surface area (Å²) in [6.45, 7) is 7.24. The Bertz CT molecular complexity index is 171. The summed E-state index contributed by atoms with van der Waals surface area (Å²) in [5.41, 5.74) is 0.644. The van der Waals surface area contributed by atoms with E-state index in [2.05, 4.69) is 31.1 Å². The monoisotopic (exact) mass is 182 g/mol. The van der Waals surface area contributed by atoms with Crippen molar-refractivity contribution in [2.24, 2.45) is 5.41 Å². The van der Waals surface area contributed by atoms with Crippen LogP contribution in [0.1, 0.15) is 33.1 Å². The van der Waals surface area contributed by atoms with Gasteiger partial charge in [-0.25, -0.2) is 0 Å². The van der Waals surface area contributed by atoms with Crippen LogP contribution in [0.15, 0.2) is 0 Å². The molecule has 2 unspecified atom stereocenters. The fourth-order valence-corrected chi connectivity index (χ4v) is 3.20. The SMILES string of the molecule is CC1CC2(CCNC2)CC(C)N1C. The molecule has 2 aliphatic heterocycles. The van der Waals surface area contributed by atoms with Gasteiger partial charge >= 0.3 is 0 Å². The second-order valence-electron chi connectivity index (χ2n) is 5.20. The first kappa shape index (κ1) is 9.47. The number of hydrogen-bond donors (Lipinski definition) is 1. The molecule has 2 atom stereocenters. The standard InChI is InChI=1S/C11H22N2/c1-9-6-11(4-5-12-8-11)7-10(2)13(9)3/h9-10,12H,4-8H2,1-3H3. The number of hydrogen-bond acceptors (Lipinski definition) is 2. The summed E-state index contributed by atoms with van der Waals surface area (Å²) in [7, 11) is 2.27. The molecule has 13 heavy (non-hydrogen) atoms. The quantitative estimate of drug-likeness (QED) is 0.610. The summed E-state index contributed by atoms with van der Waals surface area (Å²) in [6, 6.07) is 1.53. The largest absolute Gasteiger partial charge is 0.316 e. The lowest BCUT2D eigenvalue weighted by Gasteiger charge is -2.46. The predicted molar refractivity (Wildman–Crippen MR) is 55.8 cm³/mol. The fraction of sp³-hybridized carbons (Fsp3) is 1.00. The Kier molecular flexibility index (Phi) is 2.37. The Balaban J connectivity index is 2.08. The first-order chi connectivity index (χ1) is 6.13. The van der Waals surface area contributed by atoms with E-state index in [-0.39, 0.29) is 0 Å². The van der Waals surface area contributed by atoms with Crippen LogP contribution in [0.3, 0.4) is 0 Å². The van der Waals surface area contributed by atoms with Crippen LogP contribution < -0.4 is 5.32 Å². The molecule has 0 radical (unpaired) electrons. The zero-order valence-electron chi connectivity index (χ0n) is 9.14. The third-order valence-electron chi connectivity index (χ3n) is 4.18. The summed E-state index contributed by atoms with van der Waals surface area (Å²) in [5, 5.41) is 3.52. The number of rotatable bonds is 0. The normalized spacial score (nSPS) is 47.3. The lowest BCUT2D eigenvalue weighted by molar-refractivity contribution is 0.0451. The van der Waals surface area contributed by atoms with Crippen LogP contribution in [-0.2, 0) is 0 Å². The van der Waals surface area contributed by atoms with Crippen LogP contribution in [0.2, 0.25) is 0 Å². The third-order valence-corrected chi connectivity index (χ3v) is 4.18. The van der Waals surface area contributed by atoms with Gasteiger partial charge in [-0.15, -0.1) is 0 Å². The third kappa shape index (κ3) is 1.62. The van der Waals surface area contributed by atoms with Gasteiger partial charge in [-0.1, -0.05) is 0 Å². The molecule has 0 aromatic rings. The Labute approximate surface area is 81.7 Å². The maximum atomic E-state index is 3.52. The van der Waals surface area contributed by atoms with Crippen LogP contribution in [-0.4, -0.2) is 37.1 Å². The van der Waals surface area contributed by atoms with Crippen LogP contribution in [0.5, 0.6) is 0 Å². The van der Waals surface area contributed by atoms with E-state index in [1.54, 1.807) is 0 Å². The van der Waals surface area contributed by atoms with E-state index < -0.39 is 0 Å². The topological polar surface area (TPSA) is 15.3 Å². The number of nitrogens with one attached hydrogen (secondary N) is 1. The van der Waals surface area contributed by atoms with Crippen molar-refractivity contribution in [2.45, 2.75) is 45.2 Å². The molecule has 0 bridgehead atoms. The second kappa shape index (κ2) is 3.25. The highest BCUT2D eigenvalue weighted by Gasteiger charge is 2.41. The van der Waals surface area contributed by atoms with Crippen molar-refractivity contribution in [1.29, 1.82) is 0 Å². The molecule has 2 rings (SSSR count). The van der Waals surface area contributed by atoms with Crippen LogP contribution in [0, 0.1) is 5.41 Å². The molecule has 2 fully saturated rings. The molecular weight excluding hydrogens is 160 g/mol. The van der Waals surface area contributed by atoms with E-state index >= 15 is 0 Å². The van der Waals surface area contributed by atoms with Gasteiger partial charge in [0.2, 0.25) is 0 Å². The van der Waals surface area contributed by atoms with Gasteiger partial charge in [0.15, 0.2) is 0 Å². The molecule has 0 aromatic heterocycles. The van der Waals surface area contributed by atoms with Gasteiger partial charge in [-0.3, -0.25) is 0 Å². The molecule has 1 N–H and O–H groups in total. The van der Waals surface area contributed by atoms with Crippen molar-refractivity contribution in [3.8, 4) is 0 Å². The molecule has 2 aliphatic rings. The highest BCUT2D eigenvalue weighted by molar-refractivity contribution is 4.97. The maximum absolute atomic E-state index is 3.52. The lowest BCUT2D eigenvalue weighted by Crippen LogP contribution is -2.49. The number of likely N-dealkylation sites (tertiary alicyclic amines) is 1. The lowest BCUT2D eigenvalue weighted by atomic mass is 9.72. The first-order valence-corrected chi connectivity index (χ1v) is 5.56. The average Bonchev–Trinajstić information content (AvgIpc) is 2.49. The van der Waals surface area contributed by atoms with Crippen LogP contribution in [0.25, 0.3) is 0 Å². The molecule has 2 heteroatoms. The minimum Gasteiger partial charge on any atom is -0.316 e. The van der Waals surface area contributed by atoms with E-state index in [1.165, 1.54) is 32.4 Å². The Morgan fingerprint density at radius 3 is 2.31 bits per heavy atom.